The zero-order valence-electron chi connectivity index (χ0n) is 18.3. The Morgan fingerprint density at radius 2 is 1.88 bits per heavy atom. The van der Waals surface area contributed by atoms with E-state index < -0.39 is 23.5 Å². The monoisotopic (exact) mass is 491 g/mol. The van der Waals surface area contributed by atoms with Crippen LogP contribution in [0.5, 0.6) is 0 Å². The molecule has 1 heterocycles. The lowest BCUT2D eigenvalue weighted by atomic mass is 9.77. The Kier molecular flexibility index (Phi) is 6.96. The van der Waals surface area contributed by atoms with Gasteiger partial charge in [0.1, 0.15) is 5.54 Å². The first kappa shape index (κ1) is 24.0. The Hall–Kier alpha value is -2.19. The van der Waals surface area contributed by atoms with Crippen LogP contribution in [0.25, 0.3) is 0 Å². The van der Waals surface area contributed by atoms with Gasteiger partial charge >= 0.3 is 0 Å². The topological polar surface area (TPSA) is 95.7 Å². The van der Waals surface area contributed by atoms with Gasteiger partial charge in [-0.15, -0.1) is 0 Å². The summed E-state index contributed by atoms with van der Waals surface area (Å²) in [4.78, 5) is 28.0. The van der Waals surface area contributed by atoms with E-state index in [1.807, 2.05) is 4.90 Å². The van der Waals surface area contributed by atoms with Crippen molar-refractivity contribution in [2.24, 2.45) is 5.92 Å². The van der Waals surface area contributed by atoms with Gasteiger partial charge in [0.15, 0.2) is 0 Å². The number of nitrogens with zero attached hydrogens (tertiary/aromatic N) is 2. The number of anilines is 1. The van der Waals surface area contributed by atoms with Crippen LogP contribution in [0.3, 0.4) is 0 Å². The molecule has 4 atom stereocenters. The maximum Gasteiger partial charge on any atom is 0.245 e. The lowest BCUT2D eigenvalue weighted by Crippen LogP contribution is -2.56. The molecule has 1 saturated carbocycles. The third kappa shape index (κ3) is 4.73. The Bertz CT molecular complexity index is 1050. The van der Waals surface area contributed by atoms with Gasteiger partial charge in [-0.05, 0) is 68.0 Å². The van der Waals surface area contributed by atoms with Crippen LogP contribution in [0.1, 0.15) is 37.7 Å². The Morgan fingerprint density at radius 1 is 1.21 bits per heavy atom. The number of carbonyl (C=O) groups excluding carboxylic acids is 1. The van der Waals surface area contributed by atoms with Gasteiger partial charge in [-0.25, -0.2) is 0 Å². The second kappa shape index (κ2) is 9.58. The first-order chi connectivity index (χ1) is 15.8. The Morgan fingerprint density at radius 3 is 2.45 bits per heavy atom. The Balaban J connectivity index is 1.84. The van der Waals surface area contributed by atoms with Crippen molar-refractivity contribution in [2.75, 3.05) is 18.5 Å². The van der Waals surface area contributed by atoms with Crippen molar-refractivity contribution in [1.29, 1.82) is 0 Å². The van der Waals surface area contributed by atoms with E-state index in [1.54, 1.807) is 55.5 Å². The van der Waals surface area contributed by atoms with Crippen LogP contribution in [0.4, 0.5) is 5.69 Å². The highest BCUT2D eigenvalue weighted by Crippen LogP contribution is 2.50. The molecular weight excluding hydrogens is 465 g/mol. The summed E-state index contributed by atoms with van der Waals surface area (Å²) < 4.78 is 0. The van der Waals surface area contributed by atoms with E-state index >= 15 is 0 Å². The van der Waals surface area contributed by atoms with Crippen LogP contribution in [0.2, 0.25) is 10.0 Å². The van der Waals surface area contributed by atoms with E-state index in [0.717, 1.165) is 12.8 Å². The van der Waals surface area contributed by atoms with E-state index in [0.29, 0.717) is 33.8 Å². The minimum Gasteiger partial charge on any atom is -0.396 e. The summed E-state index contributed by atoms with van der Waals surface area (Å²) >= 11 is 12.4. The fourth-order valence-electron chi connectivity index (χ4n) is 5.20. The summed E-state index contributed by atoms with van der Waals surface area (Å²) in [6.45, 7) is 2.13. The first-order valence-corrected chi connectivity index (χ1v) is 11.8. The van der Waals surface area contributed by atoms with Crippen molar-refractivity contribution >= 4 is 34.8 Å². The molecule has 1 aliphatic heterocycles. The molecule has 2 N–H and O–H groups in total. The van der Waals surface area contributed by atoms with Crippen molar-refractivity contribution in [3.05, 3.63) is 74.3 Å². The summed E-state index contributed by atoms with van der Waals surface area (Å²) in [7, 11) is 0. The van der Waals surface area contributed by atoms with Crippen molar-refractivity contribution in [1.82, 2.24) is 4.90 Å². The SMILES string of the molecule is C[C@]1(C(=O)Nc2cccc(Cl)c2)[C@@H](c2cccc(Cl)c2)[C@H]([N+](=O)[O-])[C@H](CCO)N1CC1CC1. The van der Waals surface area contributed by atoms with Gasteiger partial charge in [0.2, 0.25) is 11.9 Å². The molecular formula is C24H27Cl2N3O4. The number of carbonyl (C=O) groups is 1. The van der Waals surface area contributed by atoms with Crippen LogP contribution >= 0.6 is 23.2 Å². The fraction of sp³-hybridized carbons (Fsp3) is 0.458. The van der Waals surface area contributed by atoms with Crippen molar-refractivity contribution in [3.8, 4) is 0 Å². The predicted octanol–water partition coefficient (Wildman–Crippen LogP) is 4.60. The van der Waals surface area contributed by atoms with E-state index in [2.05, 4.69) is 5.32 Å². The summed E-state index contributed by atoms with van der Waals surface area (Å²) in [6, 6.07) is 12.1. The molecule has 2 aromatic carbocycles. The number of rotatable bonds is 8. The van der Waals surface area contributed by atoms with Crippen LogP contribution in [0.15, 0.2) is 48.5 Å². The van der Waals surface area contributed by atoms with E-state index in [4.69, 9.17) is 23.2 Å². The van der Waals surface area contributed by atoms with Crippen LogP contribution in [0, 0.1) is 16.0 Å². The number of aliphatic hydroxyl groups excluding tert-OH is 1. The van der Waals surface area contributed by atoms with E-state index in [9.17, 15) is 20.0 Å². The number of aliphatic hydroxyl groups is 1. The van der Waals surface area contributed by atoms with Gasteiger partial charge in [-0.1, -0.05) is 41.4 Å². The minimum absolute atomic E-state index is 0.204. The number of amides is 1. The molecule has 1 amide bonds. The normalized spacial score (nSPS) is 27.5. The zero-order chi connectivity index (χ0) is 23.8. The molecule has 0 bridgehead atoms. The zero-order valence-corrected chi connectivity index (χ0v) is 19.8. The molecule has 0 aromatic heterocycles. The Labute approximate surface area is 202 Å². The summed E-state index contributed by atoms with van der Waals surface area (Å²) in [5, 5.41) is 26.1. The van der Waals surface area contributed by atoms with E-state index in [-0.39, 0.29) is 23.9 Å². The van der Waals surface area contributed by atoms with Crippen LogP contribution in [-0.4, -0.2) is 51.6 Å². The summed E-state index contributed by atoms with van der Waals surface area (Å²) in [5.74, 6) is -0.724. The highest BCUT2D eigenvalue weighted by atomic mass is 35.5. The number of halogens is 2. The average Bonchev–Trinajstić information content (AvgIpc) is 3.54. The quantitative estimate of drug-likeness (QED) is 0.415. The second-order valence-electron chi connectivity index (χ2n) is 9.10. The predicted molar refractivity (Wildman–Crippen MR) is 128 cm³/mol. The van der Waals surface area contributed by atoms with Gasteiger partial charge in [-0.2, -0.15) is 0 Å². The molecule has 33 heavy (non-hydrogen) atoms. The van der Waals surface area contributed by atoms with E-state index in [1.165, 1.54) is 0 Å². The molecule has 7 nitrogen and oxygen atoms in total. The average molecular weight is 492 g/mol. The standard InChI is InChI=1S/C24H27Cl2N3O4/c1-24(23(31)27-19-7-3-6-18(26)13-19)21(16-4-2-5-17(25)12-16)22(29(32)33)20(10-11-30)28(24)14-15-8-9-15/h2-7,12-13,15,20-22,30H,8-11,14H2,1H3,(H,27,31)/t20-,21-,22+,24+/m0/s1. The maximum atomic E-state index is 13.9. The number of nitrogens with one attached hydrogen (secondary N) is 1. The van der Waals surface area contributed by atoms with Gasteiger partial charge in [-0.3, -0.25) is 19.8 Å². The number of likely N-dealkylation sites (tertiary alicyclic amines) is 1. The fourth-order valence-corrected chi connectivity index (χ4v) is 5.59. The number of hydrogen-bond acceptors (Lipinski definition) is 5. The molecule has 0 radical (unpaired) electrons. The summed E-state index contributed by atoms with van der Waals surface area (Å²) in [6.07, 6.45) is 2.26. The number of benzene rings is 2. The highest BCUT2D eigenvalue weighted by Gasteiger charge is 2.65. The van der Waals surface area contributed by atoms with Crippen molar-refractivity contribution in [2.45, 2.75) is 49.7 Å². The van der Waals surface area contributed by atoms with Gasteiger partial charge in [0.05, 0.1) is 12.0 Å². The van der Waals surface area contributed by atoms with Crippen LogP contribution < -0.4 is 5.32 Å². The van der Waals surface area contributed by atoms with Crippen molar-refractivity contribution in [3.63, 3.8) is 0 Å². The lowest BCUT2D eigenvalue weighted by Gasteiger charge is -2.39. The largest absolute Gasteiger partial charge is 0.396 e. The molecule has 0 unspecified atom stereocenters. The number of nitro groups is 1. The summed E-state index contributed by atoms with van der Waals surface area (Å²) in [5.41, 5.74) is -0.0879. The first-order valence-electron chi connectivity index (χ1n) is 11.1. The molecule has 9 heteroatoms. The molecule has 176 valence electrons. The third-order valence-electron chi connectivity index (χ3n) is 6.91. The molecule has 1 saturated heterocycles. The minimum atomic E-state index is -1.24. The lowest BCUT2D eigenvalue weighted by molar-refractivity contribution is -0.528. The molecule has 1 aliphatic carbocycles. The molecule has 0 spiro atoms. The van der Waals surface area contributed by atoms with Crippen molar-refractivity contribution < 1.29 is 14.8 Å². The molecule has 2 fully saturated rings. The highest BCUT2D eigenvalue weighted by molar-refractivity contribution is 6.31. The van der Waals surface area contributed by atoms with Crippen LogP contribution in [-0.2, 0) is 4.79 Å². The molecule has 4 rings (SSSR count). The molecule has 2 aliphatic rings. The van der Waals surface area contributed by atoms with Gasteiger partial charge < -0.3 is 10.4 Å². The molecule has 2 aromatic rings. The maximum absolute atomic E-state index is 13.9. The van der Waals surface area contributed by atoms with Gasteiger partial charge in [0, 0.05) is 33.8 Å². The number of hydrogen-bond donors (Lipinski definition) is 2. The third-order valence-corrected chi connectivity index (χ3v) is 7.38. The van der Waals surface area contributed by atoms with Gasteiger partial charge in [0.25, 0.3) is 0 Å². The smallest absolute Gasteiger partial charge is 0.245 e. The second-order valence-corrected chi connectivity index (χ2v) is 9.97.